The van der Waals surface area contributed by atoms with Crippen LogP contribution in [0.3, 0.4) is 0 Å². The Morgan fingerprint density at radius 1 is 1.21 bits per heavy atom. The van der Waals surface area contributed by atoms with Gasteiger partial charge in [0, 0.05) is 11.8 Å². The normalized spacial score (nSPS) is 29.5. The van der Waals surface area contributed by atoms with Crippen molar-refractivity contribution in [3.63, 3.8) is 0 Å². The number of hydrogen-bond acceptors (Lipinski definition) is 2. The van der Waals surface area contributed by atoms with Gasteiger partial charge in [-0.2, -0.15) is 0 Å². The number of hydrogen-bond donors (Lipinski definition) is 2. The van der Waals surface area contributed by atoms with E-state index in [1.165, 1.54) is 24.0 Å². The van der Waals surface area contributed by atoms with Crippen molar-refractivity contribution < 1.29 is 9.90 Å². The highest BCUT2D eigenvalue weighted by atomic mass is 16.3. The fraction of sp³-hybridized carbons (Fsp3) is 0.633. The lowest BCUT2D eigenvalue weighted by molar-refractivity contribution is -0.124. The average molecular weight is 452 g/mol. The maximum absolute atomic E-state index is 12.6. The SMILES string of the molecule is C=C1CC[C@@H]2C(C)(C)[C@H](O)CC[C@@]2(C)[C@@H]1CC/C(C)=C/C(=O)Nc1ccc(CCCC)cc1. The summed E-state index contributed by atoms with van der Waals surface area (Å²) in [5.74, 6) is 0.907. The Morgan fingerprint density at radius 2 is 1.91 bits per heavy atom. The number of carbonyl (C=O) groups excluding carboxylic acids is 1. The average Bonchev–Trinajstić information content (AvgIpc) is 2.75. The molecule has 1 aromatic rings. The molecule has 2 fully saturated rings. The van der Waals surface area contributed by atoms with Crippen molar-refractivity contribution in [1.29, 1.82) is 0 Å². The van der Waals surface area contributed by atoms with Gasteiger partial charge in [0.25, 0.3) is 0 Å². The van der Waals surface area contributed by atoms with Gasteiger partial charge in [0.1, 0.15) is 0 Å². The number of benzene rings is 1. The number of amides is 1. The van der Waals surface area contributed by atoms with E-state index in [1.807, 2.05) is 12.1 Å². The van der Waals surface area contributed by atoms with E-state index in [2.05, 4.69) is 58.6 Å². The van der Waals surface area contributed by atoms with Crippen molar-refractivity contribution in [3.8, 4) is 0 Å². The number of aliphatic hydroxyl groups is 1. The van der Waals surface area contributed by atoms with Crippen molar-refractivity contribution in [1.82, 2.24) is 0 Å². The van der Waals surface area contributed by atoms with Gasteiger partial charge in [0.15, 0.2) is 0 Å². The van der Waals surface area contributed by atoms with Gasteiger partial charge in [-0.1, -0.05) is 64.0 Å². The number of anilines is 1. The van der Waals surface area contributed by atoms with Crippen LogP contribution in [0.5, 0.6) is 0 Å². The predicted octanol–water partition coefficient (Wildman–Crippen LogP) is 7.46. The fourth-order valence-electron chi connectivity index (χ4n) is 6.68. The minimum absolute atomic E-state index is 0.0528. The highest BCUT2D eigenvalue weighted by Gasteiger charge is 2.55. The molecule has 0 aliphatic heterocycles. The zero-order chi connectivity index (χ0) is 24.2. The molecule has 0 heterocycles. The maximum Gasteiger partial charge on any atom is 0.248 e. The molecule has 33 heavy (non-hydrogen) atoms. The zero-order valence-electron chi connectivity index (χ0n) is 21.5. The third kappa shape index (κ3) is 5.80. The third-order valence-electron chi connectivity index (χ3n) is 8.80. The van der Waals surface area contributed by atoms with Crippen molar-refractivity contribution >= 4 is 11.6 Å². The molecule has 3 heteroatoms. The summed E-state index contributed by atoms with van der Waals surface area (Å²) in [6.45, 7) is 15.6. The molecule has 182 valence electrons. The molecule has 4 atom stereocenters. The van der Waals surface area contributed by atoms with Crippen LogP contribution in [0.1, 0.15) is 91.5 Å². The van der Waals surface area contributed by atoms with Crippen LogP contribution in [0.25, 0.3) is 0 Å². The first-order valence-electron chi connectivity index (χ1n) is 13.0. The largest absolute Gasteiger partial charge is 0.393 e. The first-order valence-corrected chi connectivity index (χ1v) is 13.0. The molecule has 3 rings (SSSR count). The molecule has 0 saturated heterocycles. The molecule has 2 N–H and O–H groups in total. The summed E-state index contributed by atoms with van der Waals surface area (Å²) in [4.78, 5) is 12.6. The van der Waals surface area contributed by atoms with E-state index in [1.54, 1.807) is 6.08 Å². The lowest BCUT2D eigenvalue weighted by Gasteiger charge is -2.59. The molecule has 2 saturated carbocycles. The Hall–Kier alpha value is -1.87. The molecule has 1 amide bonds. The number of carbonyl (C=O) groups is 1. The molecular weight excluding hydrogens is 406 g/mol. The van der Waals surface area contributed by atoms with Crippen molar-refractivity contribution in [3.05, 3.63) is 53.6 Å². The van der Waals surface area contributed by atoms with Crippen LogP contribution in [0.4, 0.5) is 5.69 Å². The van der Waals surface area contributed by atoms with E-state index in [0.29, 0.717) is 11.8 Å². The van der Waals surface area contributed by atoms with Crippen LogP contribution < -0.4 is 5.32 Å². The molecular formula is C30H45NO2. The summed E-state index contributed by atoms with van der Waals surface area (Å²) in [6.07, 6.45) is 11.1. The molecule has 1 aromatic carbocycles. The van der Waals surface area contributed by atoms with Crippen molar-refractivity contribution in [2.24, 2.45) is 22.7 Å². The van der Waals surface area contributed by atoms with E-state index in [0.717, 1.165) is 56.2 Å². The first kappa shape index (κ1) is 25.7. The molecule has 0 radical (unpaired) electrons. The summed E-state index contributed by atoms with van der Waals surface area (Å²) in [5.41, 5.74) is 4.77. The number of nitrogens with one attached hydrogen (secondary N) is 1. The van der Waals surface area contributed by atoms with Gasteiger partial charge in [0.2, 0.25) is 5.91 Å². The molecule has 0 bridgehead atoms. The monoisotopic (exact) mass is 451 g/mol. The Balaban J connectivity index is 1.60. The van der Waals surface area contributed by atoms with E-state index in [4.69, 9.17) is 0 Å². The topological polar surface area (TPSA) is 49.3 Å². The summed E-state index contributed by atoms with van der Waals surface area (Å²) in [7, 11) is 0. The second-order valence-corrected chi connectivity index (χ2v) is 11.5. The van der Waals surface area contributed by atoms with E-state index in [-0.39, 0.29) is 22.8 Å². The molecule has 2 aliphatic carbocycles. The Bertz CT molecular complexity index is 866. The van der Waals surface area contributed by atoms with E-state index < -0.39 is 0 Å². The molecule has 0 unspecified atom stereocenters. The molecule has 2 aliphatic rings. The number of rotatable bonds is 8. The Labute approximate surface area is 201 Å². The molecule has 0 spiro atoms. The van der Waals surface area contributed by atoms with Crippen LogP contribution in [0, 0.1) is 22.7 Å². The van der Waals surface area contributed by atoms with E-state index >= 15 is 0 Å². The lowest BCUT2D eigenvalue weighted by atomic mass is 9.46. The second kappa shape index (κ2) is 10.6. The number of allylic oxidation sites excluding steroid dienone is 2. The lowest BCUT2D eigenvalue weighted by Crippen LogP contribution is -2.54. The summed E-state index contributed by atoms with van der Waals surface area (Å²) >= 11 is 0. The second-order valence-electron chi connectivity index (χ2n) is 11.5. The van der Waals surface area contributed by atoms with Gasteiger partial charge in [0.05, 0.1) is 6.10 Å². The summed E-state index contributed by atoms with van der Waals surface area (Å²) < 4.78 is 0. The van der Waals surface area contributed by atoms with Crippen molar-refractivity contribution in [2.75, 3.05) is 5.32 Å². The van der Waals surface area contributed by atoms with Gasteiger partial charge in [-0.05, 0) is 98.7 Å². The molecule has 0 aromatic heterocycles. The summed E-state index contributed by atoms with van der Waals surface area (Å²) in [5, 5.41) is 13.7. The van der Waals surface area contributed by atoms with Crippen LogP contribution in [-0.4, -0.2) is 17.1 Å². The highest BCUT2D eigenvalue weighted by Crippen LogP contribution is 2.61. The number of unbranched alkanes of at least 4 members (excludes halogenated alkanes) is 1. The smallest absolute Gasteiger partial charge is 0.248 e. The van der Waals surface area contributed by atoms with Gasteiger partial charge in [-0.3, -0.25) is 4.79 Å². The highest BCUT2D eigenvalue weighted by molar-refractivity contribution is 5.99. The van der Waals surface area contributed by atoms with Crippen LogP contribution in [0.2, 0.25) is 0 Å². The quantitative estimate of drug-likeness (QED) is 0.318. The summed E-state index contributed by atoms with van der Waals surface area (Å²) in [6, 6.07) is 8.21. The van der Waals surface area contributed by atoms with Gasteiger partial charge < -0.3 is 10.4 Å². The number of aliphatic hydroxyl groups excluding tert-OH is 1. The Kier molecular flexibility index (Phi) is 8.26. The minimum Gasteiger partial charge on any atom is -0.393 e. The van der Waals surface area contributed by atoms with Crippen LogP contribution in [0.15, 0.2) is 48.1 Å². The zero-order valence-corrected chi connectivity index (χ0v) is 21.5. The minimum atomic E-state index is -0.214. The van der Waals surface area contributed by atoms with Crippen LogP contribution in [-0.2, 0) is 11.2 Å². The third-order valence-corrected chi connectivity index (χ3v) is 8.80. The van der Waals surface area contributed by atoms with Crippen LogP contribution >= 0.6 is 0 Å². The van der Waals surface area contributed by atoms with E-state index in [9.17, 15) is 9.90 Å². The van der Waals surface area contributed by atoms with Gasteiger partial charge >= 0.3 is 0 Å². The fourth-order valence-corrected chi connectivity index (χ4v) is 6.68. The first-order chi connectivity index (χ1) is 15.6. The Morgan fingerprint density at radius 3 is 2.58 bits per heavy atom. The predicted molar refractivity (Wildman–Crippen MR) is 139 cm³/mol. The van der Waals surface area contributed by atoms with Crippen molar-refractivity contribution in [2.45, 2.75) is 98.5 Å². The van der Waals surface area contributed by atoms with Gasteiger partial charge in [-0.15, -0.1) is 0 Å². The van der Waals surface area contributed by atoms with Gasteiger partial charge in [-0.25, -0.2) is 0 Å². The number of fused-ring (bicyclic) bond motifs is 1. The molecule has 3 nitrogen and oxygen atoms in total. The maximum atomic E-state index is 12.6. The standard InChI is InChI=1S/C30H45NO2/c1-7-8-9-23-12-14-24(15-13-23)31-28(33)20-21(2)10-16-25-22(3)11-17-26-29(4,5)27(32)18-19-30(25,26)6/h12-15,20,25-27,32H,3,7-11,16-19H2,1-2,4-6H3,(H,31,33)/b21-20+/t25-,26-,27-,30+/m1/s1. The number of aryl methyl sites for hydroxylation is 1.